The Balaban J connectivity index is 0.00000280. The summed E-state index contributed by atoms with van der Waals surface area (Å²) in [4.78, 5) is 12.6. The third-order valence-corrected chi connectivity index (χ3v) is 5.54. The van der Waals surface area contributed by atoms with E-state index in [1.54, 1.807) is 38.5 Å². The van der Waals surface area contributed by atoms with Gasteiger partial charge in [-0.2, -0.15) is 0 Å². The Morgan fingerprint density at radius 1 is 1.04 bits per heavy atom. The van der Waals surface area contributed by atoms with Crippen molar-refractivity contribution in [3.05, 3.63) is 53.6 Å². The lowest BCUT2D eigenvalue weighted by Gasteiger charge is -2.38. The van der Waals surface area contributed by atoms with Crippen LogP contribution in [0.3, 0.4) is 0 Å². The first-order chi connectivity index (χ1) is 13.1. The Morgan fingerprint density at radius 3 is 2.39 bits per heavy atom. The van der Waals surface area contributed by atoms with Crippen molar-refractivity contribution in [2.24, 2.45) is 0 Å². The molecule has 3 N–H and O–H groups in total. The third kappa shape index (κ3) is 4.71. The zero-order valence-corrected chi connectivity index (χ0v) is 17.3. The van der Waals surface area contributed by atoms with Crippen molar-refractivity contribution in [1.82, 2.24) is 5.32 Å². The Kier molecular flexibility index (Phi) is 7.58. The van der Waals surface area contributed by atoms with Crippen LogP contribution in [0.15, 0.2) is 42.5 Å². The van der Waals surface area contributed by atoms with Gasteiger partial charge in [0, 0.05) is 23.2 Å². The fraction of sp³-hybridized carbons (Fsp3) is 0.409. The first-order valence-electron chi connectivity index (χ1n) is 9.44. The molecular weight excluding hydrogens is 376 g/mol. The van der Waals surface area contributed by atoms with Crippen molar-refractivity contribution in [1.29, 1.82) is 0 Å². The number of ether oxygens (including phenoxy) is 2. The van der Waals surface area contributed by atoms with Gasteiger partial charge in [0.25, 0.3) is 5.91 Å². The fourth-order valence-electron chi connectivity index (χ4n) is 3.99. The van der Waals surface area contributed by atoms with Crippen LogP contribution in [-0.4, -0.2) is 26.7 Å². The molecule has 0 heterocycles. The number of amides is 1. The first kappa shape index (κ1) is 21.9. The van der Waals surface area contributed by atoms with E-state index >= 15 is 0 Å². The number of nitrogen functional groups attached to an aromatic ring is 1. The predicted molar refractivity (Wildman–Crippen MR) is 115 cm³/mol. The molecule has 0 saturated heterocycles. The van der Waals surface area contributed by atoms with Crippen LogP contribution in [0, 0.1) is 0 Å². The van der Waals surface area contributed by atoms with Gasteiger partial charge >= 0.3 is 0 Å². The molecule has 0 atom stereocenters. The molecule has 5 nitrogen and oxygen atoms in total. The molecule has 3 rings (SSSR count). The van der Waals surface area contributed by atoms with Gasteiger partial charge in [-0.05, 0) is 48.7 Å². The highest BCUT2D eigenvalue weighted by molar-refractivity contribution is 5.95. The number of carbonyl (C=O) groups excluding carboxylic acids is 1. The number of benzene rings is 2. The van der Waals surface area contributed by atoms with E-state index in [9.17, 15) is 4.79 Å². The highest BCUT2D eigenvalue weighted by atomic mass is 35.5. The van der Waals surface area contributed by atoms with Crippen molar-refractivity contribution in [3.8, 4) is 11.5 Å². The third-order valence-electron chi connectivity index (χ3n) is 5.54. The van der Waals surface area contributed by atoms with Gasteiger partial charge in [-0.1, -0.05) is 31.4 Å². The summed E-state index contributed by atoms with van der Waals surface area (Å²) in [6.07, 6.45) is 5.63. The van der Waals surface area contributed by atoms with Crippen LogP contribution in [0.5, 0.6) is 11.5 Å². The number of rotatable bonds is 6. The van der Waals surface area contributed by atoms with E-state index in [2.05, 4.69) is 17.4 Å². The molecule has 1 amide bonds. The first-order valence-corrected chi connectivity index (χ1v) is 9.44. The topological polar surface area (TPSA) is 73.6 Å². The van der Waals surface area contributed by atoms with Gasteiger partial charge in [0.15, 0.2) is 11.5 Å². The smallest absolute Gasteiger partial charge is 0.251 e. The van der Waals surface area contributed by atoms with E-state index in [1.807, 2.05) is 6.07 Å². The molecule has 6 heteroatoms. The second kappa shape index (κ2) is 9.69. The SMILES string of the molecule is COc1ccc(C2(CNC(=O)c3cccc(N)c3)CCCCC2)cc1OC.Cl. The van der Waals surface area contributed by atoms with E-state index in [-0.39, 0.29) is 23.7 Å². The van der Waals surface area contributed by atoms with Crippen LogP contribution in [0.4, 0.5) is 5.69 Å². The van der Waals surface area contributed by atoms with Crippen LogP contribution in [-0.2, 0) is 5.41 Å². The zero-order valence-electron chi connectivity index (χ0n) is 16.5. The molecule has 0 aliphatic heterocycles. The summed E-state index contributed by atoms with van der Waals surface area (Å²) in [6, 6.07) is 13.2. The van der Waals surface area contributed by atoms with Crippen molar-refractivity contribution in [2.75, 3.05) is 26.5 Å². The maximum absolute atomic E-state index is 12.6. The average Bonchev–Trinajstić information content (AvgIpc) is 2.72. The predicted octanol–water partition coefficient (Wildman–Crippen LogP) is 4.34. The molecule has 0 bridgehead atoms. The second-order valence-corrected chi connectivity index (χ2v) is 7.22. The number of nitrogens with one attached hydrogen (secondary N) is 1. The standard InChI is InChI=1S/C22H28N2O3.ClH/c1-26-19-10-9-17(14-20(19)27-2)22(11-4-3-5-12-22)15-24-21(25)16-7-6-8-18(23)13-16;/h6-10,13-14H,3-5,11-12,15,23H2,1-2H3,(H,24,25);1H. The summed E-state index contributed by atoms with van der Waals surface area (Å²) in [6.45, 7) is 0.593. The molecular formula is C22H29ClN2O3. The summed E-state index contributed by atoms with van der Waals surface area (Å²) in [5, 5.41) is 3.13. The van der Waals surface area contributed by atoms with E-state index in [0.717, 1.165) is 37.2 Å². The highest BCUT2D eigenvalue weighted by Crippen LogP contribution is 2.42. The molecule has 2 aromatic rings. The highest BCUT2D eigenvalue weighted by Gasteiger charge is 2.35. The van der Waals surface area contributed by atoms with Gasteiger partial charge in [-0.15, -0.1) is 12.4 Å². The number of hydrogen-bond donors (Lipinski definition) is 2. The summed E-state index contributed by atoms with van der Waals surface area (Å²) >= 11 is 0. The van der Waals surface area contributed by atoms with Gasteiger partial charge in [0.1, 0.15) is 0 Å². The van der Waals surface area contributed by atoms with Crippen molar-refractivity contribution in [3.63, 3.8) is 0 Å². The zero-order chi connectivity index (χ0) is 19.3. The monoisotopic (exact) mass is 404 g/mol. The summed E-state index contributed by atoms with van der Waals surface area (Å²) in [7, 11) is 3.29. The largest absolute Gasteiger partial charge is 0.493 e. The Labute approximate surface area is 173 Å². The molecule has 0 radical (unpaired) electrons. The minimum atomic E-state index is -0.0901. The van der Waals surface area contributed by atoms with Crippen molar-refractivity contribution < 1.29 is 14.3 Å². The molecule has 2 aromatic carbocycles. The van der Waals surface area contributed by atoms with E-state index in [1.165, 1.54) is 12.0 Å². The molecule has 1 saturated carbocycles. The number of methoxy groups -OCH3 is 2. The van der Waals surface area contributed by atoms with E-state index in [4.69, 9.17) is 15.2 Å². The van der Waals surface area contributed by atoms with Gasteiger partial charge in [-0.3, -0.25) is 4.79 Å². The summed E-state index contributed by atoms with van der Waals surface area (Å²) in [5.74, 6) is 1.35. The molecule has 152 valence electrons. The quantitative estimate of drug-likeness (QED) is 0.702. The Hall–Kier alpha value is -2.40. The van der Waals surface area contributed by atoms with Gasteiger partial charge in [-0.25, -0.2) is 0 Å². The van der Waals surface area contributed by atoms with Crippen LogP contribution in [0.1, 0.15) is 48.0 Å². The number of carbonyl (C=O) groups is 1. The molecule has 1 fully saturated rings. The lowest BCUT2D eigenvalue weighted by molar-refractivity contribution is 0.0936. The minimum Gasteiger partial charge on any atom is -0.493 e. The Bertz CT molecular complexity index is 804. The normalized spacial score (nSPS) is 15.2. The maximum atomic E-state index is 12.6. The Morgan fingerprint density at radius 2 is 1.75 bits per heavy atom. The van der Waals surface area contributed by atoms with E-state index < -0.39 is 0 Å². The van der Waals surface area contributed by atoms with Gasteiger partial charge in [0.2, 0.25) is 0 Å². The molecule has 1 aliphatic carbocycles. The number of nitrogens with two attached hydrogens (primary N) is 1. The average molecular weight is 405 g/mol. The fourth-order valence-corrected chi connectivity index (χ4v) is 3.99. The van der Waals surface area contributed by atoms with Crippen LogP contribution >= 0.6 is 12.4 Å². The summed E-state index contributed by atoms with van der Waals surface area (Å²) in [5.41, 5.74) is 8.09. The lowest BCUT2D eigenvalue weighted by Crippen LogP contribution is -2.42. The second-order valence-electron chi connectivity index (χ2n) is 7.22. The number of hydrogen-bond acceptors (Lipinski definition) is 4. The number of halogens is 1. The van der Waals surface area contributed by atoms with Gasteiger partial charge < -0.3 is 20.5 Å². The maximum Gasteiger partial charge on any atom is 0.251 e. The number of anilines is 1. The van der Waals surface area contributed by atoms with Crippen LogP contribution in [0.25, 0.3) is 0 Å². The molecule has 0 spiro atoms. The van der Waals surface area contributed by atoms with Crippen molar-refractivity contribution >= 4 is 24.0 Å². The van der Waals surface area contributed by atoms with Crippen LogP contribution < -0.4 is 20.5 Å². The van der Waals surface area contributed by atoms with Crippen LogP contribution in [0.2, 0.25) is 0 Å². The van der Waals surface area contributed by atoms with E-state index in [0.29, 0.717) is 17.8 Å². The molecule has 1 aliphatic rings. The van der Waals surface area contributed by atoms with Gasteiger partial charge in [0.05, 0.1) is 14.2 Å². The van der Waals surface area contributed by atoms with Crippen molar-refractivity contribution in [2.45, 2.75) is 37.5 Å². The summed E-state index contributed by atoms with van der Waals surface area (Å²) < 4.78 is 10.9. The molecule has 0 unspecified atom stereocenters. The molecule has 0 aromatic heterocycles. The molecule has 28 heavy (non-hydrogen) atoms. The minimum absolute atomic E-state index is 0. The lowest BCUT2D eigenvalue weighted by atomic mass is 9.69.